The highest BCUT2D eigenvalue weighted by molar-refractivity contribution is 6.13. The van der Waals surface area contributed by atoms with E-state index in [-0.39, 0.29) is 0 Å². The van der Waals surface area contributed by atoms with Crippen LogP contribution in [0, 0.1) is 0 Å². The second kappa shape index (κ2) is 8.15. The van der Waals surface area contributed by atoms with E-state index in [1.807, 2.05) is 30.5 Å². The fourth-order valence-electron chi connectivity index (χ4n) is 5.56. The molecule has 38 heavy (non-hydrogen) atoms. The fraction of sp³-hybridized carbons (Fsp3) is 0. The summed E-state index contributed by atoms with van der Waals surface area (Å²) in [5.41, 5.74) is 7.78. The summed E-state index contributed by atoms with van der Waals surface area (Å²) in [5.74, 6) is 0.736. The van der Waals surface area contributed by atoms with Gasteiger partial charge in [0.1, 0.15) is 0 Å². The molecule has 5 aromatic carbocycles. The largest absolute Gasteiger partial charge is 0.316 e. The van der Waals surface area contributed by atoms with Gasteiger partial charge in [-0.25, -0.2) is 9.97 Å². The lowest BCUT2D eigenvalue weighted by Gasteiger charge is -2.10. The molecule has 0 saturated carbocycles. The Labute approximate surface area is 219 Å². The Bertz CT molecular complexity index is 2120. The first-order chi connectivity index (χ1) is 18.8. The number of hydrogen-bond acceptors (Lipinski definition) is 2. The van der Waals surface area contributed by atoms with Gasteiger partial charge in [0.05, 0.1) is 22.1 Å². The van der Waals surface area contributed by atoms with Crippen LogP contribution < -0.4 is 0 Å². The number of rotatable bonds is 3. The van der Waals surface area contributed by atoms with Crippen molar-refractivity contribution in [2.75, 3.05) is 0 Å². The van der Waals surface area contributed by atoms with Crippen LogP contribution in [0.15, 0.2) is 134 Å². The van der Waals surface area contributed by atoms with E-state index in [1.165, 1.54) is 32.7 Å². The maximum absolute atomic E-state index is 4.78. The Kier molecular flexibility index (Phi) is 4.49. The topological polar surface area (TPSA) is 35.6 Å². The van der Waals surface area contributed by atoms with Crippen molar-refractivity contribution in [3.05, 3.63) is 134 Å². The molecule has 0 aliphatic carbocycles. The van der Waals surface area contributed by atoms with Crippen molar-refractivity contribution in [2.45, 2.75) is 0 Å². The van der Waals surface area contributed by atoms with Gasteiger partial charge >= 0.3 is 0 Å². The standard InChI is InChI=1S/C34H22N4/c1-2-9-26(10-3-1)37-19-18-24-20-29-28-11-5-7-13-31(28)38(33(29)21-32(24)37)27-16-14-23(15-17-27)34-35-22-25-8-4-6-12-30(25)36-34/h1-22H. The van der Waals surface area contributed by atoms with Gasteiger partial charge in [-0.05, 0) is 66.7 Å². The van der Waals surface area contributed by atoms with Crippen molar-refractivity contribution in [1.82, 2.24) is 19.1 Å². The Hall–Kier alpha value is -5.22. The molecule has 4 nitrogen and oxygen atoms in total. The first-order valence-corrected chi connectivity index (χ1v) is 12.8. The maximum Gasteiger partial charge on any atom is 0.159 e. The molecule has 0 unspecified atom stereocenters. The normalized spacial score (nSPS) is 11.7. The molecule has 0 amide bonds. The van der Waals surface area contributed by atoms with E-state index in [0.29, 0.717) is 0 Å². The molecule has 0 spiro atoms. The molecule has 0 fully saturated rings. The number of para-hydroxylation sites is 3. The van der Waals surface area contributed by atoms with E-state index in [2.05, 4.69) is 117 Å². The molecule has 178 valence electrons. The molecule has 0 aliphatic heterocycles. The van der Waals surface area contributed by atoms with Crippen LogP contribution in [0.25, 0.3) is 66.4 Å². The lowest BCUT2D eigenvalue weighted by atomic mass is 10.1. The minimum absolute atomic E-state index is 0.736. The number of aromatic nitrogens is 4. The molecule has 4 heteroatoms. The Balaban J connectivity index is 1.32. The molecule has 8 rings (SSSR count). The van der Waals surface area contributed by atoms with E-state index in [1.54, 1.807) is 0 Å². The minimum atomic E-state index is 0.736. The maximum atomic E-state index is 4.78. The van der Waals surface area contributed by atoms with Gasteiger partial charge in [0.2, 0.25) is 0 Å². The number of benzene rings is 5. The average Bonchev–Trinajstić information content (AvgIpc) is 3.55. The second-order valence-corrected chi connectivity index (χ2v) is 9.60. The molecule has 0 bridgehead atoms. The quantitative estimate of drug-likeness (QED) is 0.252. The van der Waals surface area contributed by atoms with Crippen molar-refractivity contribution < 1.29 is 0 Å². The molecule has 0 atom stereocenters. The zero-order chi connectivity index (χ0) is 25.1. The van der Waals surface area contributed by atoms with Gasteiger partial charge in [0, 0.05) is 50.9 Å². The van der Waals surface area contributed by atoms with Gasteiger partial charge in [-0.2, -0.15) is 0 Å². The van der Waals surface area contributed by atoms with E-state index >= 15 is 0 Å². The van der Waals surface area contributed by atoms with Crippen LogP contribution >= 0.6 is 0 Å². The minimum Gasteiger partial charge on any atom is -0.316 e. The third kappa shape index (κ3) is 3.17. The van der Waals surface area contributed by atoms with Gasteiger partial charge in [-0.1, -0.05) is 54.6 Å². The second-order valence-electron chi connectivity index (χ2n) is 9.60. The molecule has 3 aromatic heterocycles. The monoisotopic (exact) mass is 486 g/mol. The lowest BCUT2D eigenvalue weighted by molar-refractivity contribution is 1.12. The van der Waals surface area contributed by atoms with Crippen LogP contribution in [0.2, 0.25) is 0 Å². The molecule has 0 aliphatic rings. The van der Waals surface area contributed by atoms with E-state index in [9.17, 15) is 0 Å². The van der Waals surface area contributed by atoms with Gasteiger partial charge in [-0.15, -0.1) is 0 Å². The molecular weight excluding hydrogens is 464 g/mol. The predicted molar refractivity (Wildman–Crippen MR) is 156 cm³/mol. The van der Waals surface area contributed by atoms with Crippen LogP contribution in [-0.4, -0.2) is 19.1 Å². The van der Waals surface area contributed by atoms with Crippen LogP contribution in [0.1, 0.15) is 0 Å². The van der Waals surface area contributed by atoms with Gasteiger partial charge in [0.15, 0.2) is 5.82 Å². The van der Waals surface area contributed by atoms with E-state index < -0.39 is 0 Å². The third-order valence-corrected chi connectivity index (χ3v) is 7.39. The van der Waals surface area contributed by atoms with E-state index in [0.717, 1.165) is 33.7 Å². The first kappa shape index (κ1) is 20.9. The van der Waals surface area contributed by atoms with Gasteiger partial charge in [0.25, 0.3) is 0 Å². The van der Waals surface area contributed by atoms with Crippen molar-refractivity contribution in [3.8, 4) is 22.8 Å². The highest BCUT2D eigenvalue weighted by Gasteiger charge is 2.15. The van der Waals surface area contributed by atoms with Gasteiger partial charge in [-0.3, -0.25) is 0 Å². The zero-order valence-electron chi connectivity index (χ0n) is 20.5. The highest BCUT2D eigenvalue weighted by Crippen LogP contribution is 2.36. The number of nitrogens with zero attached hydrogens (tertiary/aromatic N) is 4. The smallest absolute Gasteiger partial charge is 0.159 e. The third-order valence-electron chi connectivity index (χ3n) is 7.39. The number of hydrogen-bond donors (Lipinski definition) is 0. The summed E-state index contributed by atoms with van der Waals surface area (Å²) in [6.45, 7) is 0. The van der Waals surface area contributed by atoms with Crippen molar-refractivity contribution in [3.63, 3.8) is 0 Å². The van der Waals surface area contributed by atoms with Gasteiger partial charge < -0.3 is 9.13 Å². The summed E-state index contributed by atoms with van der Waals surface area (Å²) in [6, 6.07) is 42.6. The Morgan fingerprint density at radius 1 is 0.526 bits per heavy atom. The average molecular weight is 487 g/mol. The summed E-state index contributed by atoms with van der Waals surface area (Å²) in [7, 11) is 0. The van der Waals surface area contributed by atoms with Crippen LogP contribution in [0.5, 0.6) is 0 Å². The van der Waals surface area contributed by atoms with Crippen molar-refractivity contribution >= 4 is 43.6 Å². The Morgan fingerprint density at radius 2 is 1.32 bits per heavy atom. The summed E-state index contributed by atoms with van der Waals surface area (Å²) in [6.07, 6.45) is 4.05. The van der Waals surface area contributed by atoms with E-state index in [4.69, 9.17) is 4.98 Å². The summed E-state index contributed by atoms with van der Waals surface area (Å²) >= 11 is 0. The molecule has 0 saturated heterocycles. The first-order valence-electron chi connectivity index (χ1n) is 12.8. The summed E-state index contributed by atoms with van der Waals surface area (Å²) in [4.78, 5) is 9.40. The van der Waals surface area contributed by atoms with Crippen LogP contribution in [0.4, 0.5) is 0 Å². The molecule has 3 heterocycles. The molecule has 8 aromatic rings. The Morgan fingerprint density at radius 3 is 2.21 bits per heavy atom. The summed E-state index contributed by atoms with van der Waals surface area (Å²) < 4.78 is 4.62. The SMILES string of the molecule is c1ccc(-n2ccc3cc4c5ccccc5n(-c5ccc(-c6ncc7ccccc7n6)cc5)c4cc32)cc1. The van der Waals surface area contributed by atoms with Crippen LogP contribution in [-0.2, 0) is 0 Å². The van der Waals surface area contributed by atoms with Crippen LogP contribution in [0.3, 0.4) is 0 Å². The molecule has 0 N–H and O–H groups in total. The predicted octanol–water partition coefficient (Wildman–Crippen LogP) is 8.34. The lowest BCUT2D eigenvalue weighted by Crippen LogP contribution is -1.96. The van der Waals surface area contributed by atoms with Crippen molar-refractivity contribution in [1.29, 1.82) is 0 Å². The molecular formula is C34H22N4. The summed E-state index contributed by atoms with van der Waals surface area (Å²) in [5, 5.41) is 4.78. The molecule has 0 radical (unpaired) electrons. The highest BCUT2D eigenvalue weighted by atomic mass is 15.0. The van der Waals surface area contributed by atoms with Crippen molar-refractivity contribution in [2.24, 2.45) is 0 Å². The fourth-order valence-corrected chi connectivity index (χ4v) is 5.56. The zero-order valence-corrected chi connectivity index (χ0v) is 20.5. The number of fused-ring (bicyclic) bond motifs is 5.